The SMILES string of the molecule is CC1(C(=O)O)CCC(n2ncc(C(=O)N(CC(=O)c3c(Cl)cncc3Cl)C3CC4C(C3)C4(C)C)c2Cl)CC1. The molecule has 3 fully saturated rings. The van der Waals surface area contributed by atoms with Crippen LogP contribution >= 0.6 is 34.8 Å². The van der Waals surface area contributed by atoms with Crippen LogP contribution in [0.2, 0.25) is 15.2 Å². The third-order valence-corrected chi connectivity index (χ3v) is 10.3. The molecule has 0 spiro atoms. The van der Waals surface area contributed by atoms with E-state index in [2.05, 4.69) is 23.9 Å². The number of aliphatic carboxylic acids is 1. The zero-order chi connectivity index (χ0) is 27.6. The highest BCUT2D eigenvalue weighted by Gasteiger charge is 2.63. The van der Waals surface area contributed by atoms with E-state index in [1.807, 2.05) is 0 Å². The van der Waals surface area contributed by atoms with E-state index in [0.717, 1.165) is 12.8 Å². The molecule has 38 heavy (non-hydrogen) atoms. The molecule has 3 aliphatic carbocycles. The average Bonchev–Trinajstić information content (AvgIpc) is 3.24. The normalized spacial score (nSPS) is 29.5. The van der Waals surface area contributed by atoms with Crippen LogP contribution in [-0.4, -0.2) is 55.0 Å². The van der Waals surface area contributed by atoms with Gasteiger partial charge in [0.15, 0.2) is 5.78 Å². The second-order valence-corrected chi connectivity index (χ2v) is 13.1. The van der Waals surface area contributed by atoms with Crippen molar-refractivity contribution in [3.05, 3.63) is 44.9 Å². The van der Waals surface area contributed by atoms with E-state index in [-0.39, 0.29) is 62.1 Å². The summed E-state index contributed by atoms with van der Waals surface area (Å²) in [5.41, 5.74) is -0.132. The molecule has 2 aromatic heterocycles. The van der Waals surface area contributed by atoms with Crippen molar-refractivity contribution in [1.29, 1.82) is 0 Å². The van der Waals surface area contributed by atoms with Crippen LogP contribution in [0.5, 0.6) is 0 Å². The fraction of sp³-hybridized carbons (Fsp3) is 0.593. The fourth-order valence-electron chi connectivity index (χ4n) is 6.61. The van der Waals surface area contributed by atoms with Crippen LogP contribution in [0.3, 0.4) is 0 Å². The zero-order valence-corrected chi connectivity index (χ0v) is 23.9. The van der Waals surface area contributed by atoms with Crippen LogP contribution in [0.1, 0.15) is 86.1 Å². The summed E-state index contributed by atoms with van der Waals surface area (Å²) in [6, 6.07) is -0.208. The van der Waals surface area contributed by atoms with Crippen molar-refractivity contribution in [1.82, 2.24) is 19.7 Å². The Morgan fingerprint density at radius 3 is 2.16 bits per heavy atom. The highest BCUT2D eigenvalue weighted by molar-refractivity contribution is 6.39. The van der Waals surface area contributed by atoms with Gasteiger partial charge in [-0.05, 0) is 62.7 Å². The second-order valence-electron chi connectivity index (χ2n) is 11.9. The number of rotatable bonds is 7. The van der Waals surface area contributed by atoms with Crippen molar-refractivity contribution in [2.45, 2.75) is 71.4 Å². The summed E-state index contributed by atoms with van der Waals surface area (Å²) >= 11 is 19.2. The standard InChI is InChI=1S/C27H31Cl3N4O4/c1-26(2)17-8-15(9-18(17)26)33(13-21(35)22-19(28)11-31-12-20(22)29)24(36)16-10-32-34(23(16)30)14-4-6-27(3,7-5-14)25(37)38/h10-12,14-15,17-18H,4-9,13H2,1-3H3,(H,37,38). The van der Waals surface area contributed by atoms with Crippen molar-refractivity contribution in [3.63, 3.8) is 0 Å². The smallest absolute Gasteiger partial charge is 0.309 e. The molecule has 0 saturated heterocycles. The monoisotopic (exact) mass is 580 g/mol. The van der Waals surface area contributed by atoms with Crippen LogP contribution in [0.15, 0.2) is 18.6 Å². The highest BCUT2D eigenvalue weighted by Crippen LogP contribution is 2.67. The van der Waals surface area contributed by atoms with Gasteiger partial charge in [-0.2, -0.15) is 5.10 Å². The Balaban J connectivity index is 1.39. The van der Waals surface area contributed by atoms with Gasteiger partial charge in [0, 0.05) is 18.4 Å². The maximum atomic E-state index is 13.9. The number of ketones is 1. The molecule has 1 N–H and O–H groups in total. The van der Waals surface area contributed by atoms with Gasteiger partial charge in [-0.1, -0.05) is 48.7 Å². The number of nitrogens with zero attached hydrogens (tertiary/aromatic N) is 4. The van der Waals surface area contributed by atoms with Gasteiger partial charge in [-0.25, -0.2) is 0 Å². The fourth-order valence-corrected chi connectivity index (χ4v) is 7.49. The quantitative estimate of drug-likeness (QED) is 0.390. The molecule has 2 atom stereocenters. The third kappa shape index (κ3) is 4.62. The third-order valence-electron chi connectivity index (χ3n) is 9.37. The number of halogens is 3. The lowest BCUT2D eigenvalue weighted by Gasteiger charge is -2.34. The van der Waals surface area contributed by atoms with Gasteiger partial charge < -0.3 is 10.0 Å². The molecular formula is C27H31Cl3N4O4. The number of aromatic nitrogens is 3. The van der Waals surface area contributed by atoms with Crippen molar-refractivity contribution in [2.24, 2.45) is 22.7 Å². The molecule has 2 aromatic rings. The van der Waals surface area contributed by atoms with Crippen LogP contribution in [0.25, 0.3) is 0 Å². The largest absolute Gasteiger partial charge is 0.481 e. The molecular weight excluding hydrogens is 551 g/mol. The molecule has 0 radical (unpaired) electrons. The summed E-state index contributed by atoms with van der Waals surface area (Å²) < 4.78 is 1.63. The Hall–Kier alpha value is -2.16. The summed E-state index contributed by atoms with van der Waals surface area (Å²) in [6.45, 7) is 6.06. The summed E-state index contributed by atoms with van der Waals surface area (Å²) in [6.07, 6.45) is 8.01. The first kappa shape index (κ1) is 27.4. The maximum Gasteiger partial charge on any atom is 0.309 e. The first-order valence-electron chi connectivity index (χ1n) is 12.9. The summed E-state index contributed by atoms with van der Waals surface area (Å²) in [7, 11) is 0. The predicted octanol–water partition coefficient (Wildman–Crippen LogP) is 6.20. The lowest BCUT2D eigenvalue weighted by atomic mass is 9.74. The number of carboxylic acids is 1. The van der Waals surface area contributed by atoms with E-state index >= 15 is 0 Å². The van der Waals surface area contributed by atoms with Gasteiger partial charge in [0.2, 0.25) is 0 Å². The molecule has 1 amide bonds. The van der Waals surface area contributed by atoms with Crippen molar-refractivity contribution >= 4 is 52.5 Å². The van der Waals surface area contributed by atoms with Crippen molar-refractivity contribution in [2.75, 3.05) is 6.54 Å². The molecule has 2 unspecified atom stereocenters. The molecule has 5 rings (SSSR count). The van der Waals surface area contributed by atoms with Gasteiger partial charge in [0.1, 0.15) is 5.15 Å². The molecule has 11 heteroatoms. The average molecular weight is 582 g/mol. The van der Waals surface area contributed by atoms with E-state index in [0.29, 0.717) is 37.5 Å². The van der Waals surface area contributed by atoms with Crippen LogP contribution < -0.4 is 0 Å². The van der Waals surface area contributed by atoms with Crippen molar-refractivity contribution in [3.8, 4) is 0 Å². The van der Waals surface area contributed by atoms with E-state index < -0.39 is 11.4 Å². The topological polar surface area (TPSA) is 105 Å². The summed E-state index contributed by atoms with van der Waals surface area (Å²) in [4.78, 5) is 44.5. The van der Waals surface area contributed by atoms with E-state index in [1.54, 1.807) is 16.5 Å². The van der Waals surface area contributed by atoms with E-state index in [9.17, 15) is 19.5 Å². The van der Waals surface area contributed by atoms with Gasteiger partial charge in [0.25, 0.3) is 5.91 Å². The number of hydrogen-bond donors (Lipinski definition) is 1. The molecule has 2 heterocycles. The minimum atomic E-state index is -0.800. The van der Waals surface area contributed by atoms with Gasteiger partial charge in [-0.3, -0.25) is 24.0 Å². The number of amides is 1. The lowest BCUT2D eigenvalue weighted by Crippen LogP contribution is -2.43. The van der Waals surface area contributed by atoms with Gasteiger partial charge in [0.05, 0.1) is 45.4 Å². The number of carbonyl (C=O) groups is 3. The van der Waals surface area contributed by atoms with Crippen LogP contribution in [-0.2, 0) is 4.79 Å². The Kier molecular flexibility index (Phi) is 7.06. The predicted molar refractivity (Wildman–Crippen MR) is 144 cm³/mol. The van der Waals surface area contributed by atoms with Crippen molar-refractivity contribution < 1.29 is 19.5 Å². The molecule has 3 saturated carbocycles. The molecule has 8 nitrogen and oxygen atoms in total. The zero-order valence-electron chi connectivity index (χ0n) is 21.6. The number of carboxylic acid groups (broad SMARTS) is 1. The molecule has 204 valence electrons. The number of fused-ring (bicyclic) bond motifs is 1. The minimum Gasteiger partial charge on any atom is -0.481 e. The first-order chi connectivity index (χ1) is 17.8. The summed E-state index contributed by atoms with van der Waals surface area (Å²) in [5.74, 6) is -0.499. The minimum absolute atomic E-state index is 0.0964. The Morgan fingerprint density at radius 2 is 1.61 bits per heavy atom. The second kappa shape index (κ2) is 9.79. The number of Topliss-reactive ketones (excluding diaryl/α,β-unsaturated/α-hetero) is 1. The van der Waals surface area contributed by atoms with Gasteiger partial charge >= 0.3 is 5.97 Å². The molecule has 0 aliphatic heterocycles. The Morgan fingerprint density at radius 1 is 1.03 bits per heavy atom. The lowest BCUT2D eigenvalue weighted by molar-refractivity contribution is -0.150. The molecule has 0 bridgehead atoms. The van der Waals surface area contributed by atoms with Gasteiger partial charge in [-0.15, -0.1) is 0 Å². The van der Waals surface area contributed by atoms with E-state index in [1.165, 1.54) is 18.6 Å². The summed E-state index contributed by atoms with van der Waals surface area (Å²) in [5, 5.41) is 14.5. The molecule has 0 aromatic carbocycles. The van der Waals surface area contributed by atoms with Crippen LogP contribution in [0.4, 0.5) is 0 Å². The highest BCUT2D eigenvalue weighted by atomic mass is 35.5. The first-order valence-corrected chi connectivity index (χ1v) is 14.1. The van der Waals surface area contributed by atoms with Crippen LogP contribution in [0, 0.1) is 22.7 Å². The number of hydrogen-bond acceptors (Lipinski definition) is 5. The van der Waals surface area contributed by atoms with E-state index in [4.69, 9.17) is 34.8 Å². The molecule has 3 aliphatic rings. The Bertz CT molecular complexity index is 1270. The number of carbonyl (C=O) groups excluding carboxylic acids is 2. The maximum absolute atomic E-state index is 13.9. The Labute approximate surface area is 236 Å². The number of pyridine rings is 1.